The van der Waals surface area contributed by atoms with Crippen molar-refractivity contribution < 1.29 is 19.4 Å². The number of likely N-dealkylation sites (tertiary alicyclic amines) is 1. The summed E-state index contributed by atoms with van der Waals surface area (Å²) < 4.78 is 5.73. The summed E-state index contributed by atoms with van der Waals surface area (Å²) in [7, 11) is 1.84. The number of rotatable bonds is 8. The fraction of sp³-hybridized carbons (Fsp3) is 0.636. The van der Waals surface area contributed by atoms with Crippen LogP contribution in [0.2, 0.25) is 0 Å². The van der Waals surface area contributed by atoms with Gasteiger partial charge in [0.2, 0.25) is 5.91 Å². The van der Waals surface area contributed by atoms with E-state index in [1.807, 2.05) is 55.0 Å². The van der Waals surface area contributed by atoms with E-state index in [1.54, 1.807) is 0 Å². The number of hydrogen-bond donors (Lipinski definition) is 1. The van der Waals surface area contributed by atoms with E-state index in [1.165, 1.54) is 0 Å². The van der Waals surface area contributed by atoms with Gasteiger partial charge in [-0.15, -0.1) is 0 Å². The van der Waals surface area contributed by atoms with Crippen molar-refractivity contribution in [1.29, 1.82) is 0 Å². The van der Waals surface area contributed by atoms with E-state index in [0.29, 0.717) is 25.6 Å². The van der Waals surface area contributed by atoms with E-state index in [9.17, 15) is 9.59 Å². The molecule has 0 saturated carbocycles. The lowest BCUT2D eigenvalue weighted by molar-refractivity contribution is -0.141. The molecule has 0 bridgehead atoms. The number of benzene rings is 1. The van der Waals surface area contributed by atoms with E-state index in [4.69, 9.17) is 9.84 Å². The number of aliphatic carboxylic acids is 1. The molecule has 1 N–H and O–H groups in total. The molecule has 0 unspecified atom stereocenters. The van der Waals surface area contributed by atoms with Crippen molar-refractivity contribution >= 4 is 11.9 Å². The summed E-state index contributed by atoms with van der Waals surface area (Å²) in [6, 6.07) is 8.02. The number of amides is 1. The lowest BCUT2D eigenvalue weighted by atomic mass is 9.82. The molecule has 1 heterocycles. The average molecular weight is 391 g/mol. The zero-order valence-electron chi connectivity index (χ0n) is 17.8. The monoisotopic (exact) mass is 390 g/mol. The van der Waals surface area contributed by atoms with Crippen LogP contribution in [0.15, 0.2) is 24.3 Å². The van der Waals surface area contributed by atoms with Gasteiger partial charge < -0.3 is 14.7 Å². The zero-order chi connectivity index (χ0) is 20.9. The maximum atomic E-state index is 13.2. The van der Waals surface area contributed by atoms with Crippen molar-refractivity contribution in [2.45, 2.75) is 52.0 Å². The van der Waals surface area contributed by atoms with Crippen LogP contribution in [0.25, 0.3) is 0 Å². The van der Waals surface area contributed by atoms with Gasteiger partial charge in [-0.05, 0) is 57.4 Å². The smallest absolute Gasteiger partial charge is 0.317 e. The highest BCUT2D eigenvalue weighted by Crippen LogP contribution is 2.29. The molecule has 0 radical (unpaired) electrons. The molecule has 6 heteroatoms. The Labute approximate surface area is 168 Å². The van der Waals surface area contributed by atoms with E-state index < -0.39 is 11.4 Å². The van der Waals surface area contributed by atoms with Gasteiger partial charge in [0.25, 0.3) is 0 Å². The number of piperidine rings is 1. The lowest BCUT2D eigenvalue weighted by Gasteiger charge is -2.39. The third kappa shape index (κ3) is 5.71. The Morgan fingerprint density at radius 1 is 1.21 bits per heavy atom. The number of carboxylic acid groups (broad SMARTS) is 1. The number of likely N-dealkylation sites (N-methyl/N-ethyl adjacent to an activating group) is 1. The summed E-state index contributed by atoms with van der Waals surface area (Å²) in [5.41, 5.74) is 0.357. The molecule has 0 aromatic heterocycles. The molecule has 1 aliphatic rings. The Kier molecular flexibility index (Phi) is 7.47. The van der Waals surface area contributed by atoms with Crippen LogP contribution in [0.3, 0.4) is 0 Å². The van der Waals surface area contributed by atoms with Gasteiger partial charge in [-0.2, -0.15) is 0 Å². The fourth-order valence-electron chi connectivity index (χ4n) is 3.60. The standard InChI is InChI=1S/C22H34N2O4/c1-16(2)15-28-19-8-6-17(7-9-19)22(3,4)21(27)24-12-10-18(11-13-24)23(5)14-20(25)26/h6-9,16,18H,10-15H2,1-5H3,(H,25,26). The van der Waals surface area contributed by atoms with Gasteiger partial charge >= 0.3 is 5.97 Å². The number of carbonyl (C=O) groups excluding carboxylic acids is 1. The van der Waals surface area contributed by atoms with Crippen LogP contribution in [0.1, 0.15) is 46.1 Å². The Hall–Kier alpha value is -2.08. The number of carbonyl (C=O) groups is 2. The van der Waals surface area contributed by atoms with Gasteiger partial charge in [0, 0.05) is 19.1 Å². The lowest BCUT2D eigenvalue weighted by Crippen LogP contribution is -2.50. The first-order chi connectivity index (χ1) is 13.1. The Morgan fingerprint density at radius 2 is 1.79 bits per heavy atom. The molecule has 0 spiro atoms. The zero-order valence-corrected chi connectivity index (χ0v) is 17.8. The van der Waals surface area contributed by atoms with Crippen molar-refractivity contribution in [1.82, 2.24) is 9.80 Å². The maximum Gasteiger partial charge on any atom is 0.317 e. The molecule has 0 aliphatic carbocycles. The van der Waals surface area contributed by atoms with Crippen molar-refractivity contribution in [3.63, 3.8) is 0 Å². The van der Waals surface area contributed by atoms with E-state index in [-0.39, 0.29) is 18.5 Å². The molecule has 1 aromatic carbocycles. The SMILES string of the molecule is CC(C)COc1ccc(C(C)(C)C(=O)N2CCC(N(C)CC(=O)O)CC2)cc1. The first-order valence-electron chi connectivity index (χ1n) is 10.1. The molecule has 1 amide bonds. The minimum absolute atomic E-state index is 0.0370. The van der Waals surface area contributed by atoms with E-state index in [2.05, 4.69) is 13.8 Å². The van der Waals surface area contributed by atoms with Crippen LogP contribution in [0.5, 0.6) is 5.75 Å². The van der Waals surface area contributed by atoms with Gasteiger partial charge in [0.15, 0.2) is 0 Å². The van der Waals surface area contributed by atoms with Crippen LogP contribution < -0.4 is 4.74 Å². The summed E-state index contributed by atoms with van der Waals surface area (Å²) in [6.07, 6.45) is 1.60. The molecule has 156 valence electrons. The van der Waals surface area contributed by atoms with Gasteiger partial charge in [0.1, 0.15) is 5.75 Å². The quantitative estimate of drug-likeness (QED) is 0.739. The van der Waals surface area contributed by atoms with Crippen molar-refractivity contribution in [3.8, 4) is 5.75 Å². The highest BCUT2D eigenvalue weighted by atomic mass is 16.5. The Balaban J connectivity index is 1.96. The van der Waals surface area contributed by atoms with Gasteiger partial charge in [0.05, 0.1) is 18.6 Å². The van der Waals surface area contributed by atoms with Crippen molar-refractivity contribution in [3.05, 3.63) is 29.8 Å². The van der Waals surface area contributed by atoms with Gasteiger partial charge in [-0.3, -0.25) is 14.5 Å². The summed E-state index contributed by atoms with van der Waals surface area (Å²) in [5.74, 6) is 0.587. The van der Waals surface area contributed by atoms with Crippen LogP contribution >= 0.6 is 0 Å². The Bertz CT molecular complexity index is 662. The van der Waals surface area contributed by atoms with Crippen LogP contribution in [-0.4, -0.2) is 66.1 Å². The molecule has 6 nitrogen and oxygen atoms in total. The first kappa shape index (κ1) is 22.2. The Morgan fingerprint density at radius 3 is 2.29 bits per heavy atom. The van der Waals surface area contributed by atoms with Crippen LogP contribution in [-0.2, 0) is 15.0 Å². The second-order valence-electron chi connectivity index (χ2n) is 8.69. The van der Waals surface area contributed by atoms with Crippen LogP contribution in [0.4, 0.5) is 0 Å². The van der Waals surface area contributed by atoms with E-state index in [0.717, 1.165) is 24.2 Å². The molecule has 1 fully saturated rings. The van der Waals surface area contributed by atoms with E-state index >= 15 is 0 Å². The topological polar surface area (TPSA) is 70.1 Å². The maximum absolute atomic E-state index is 13.2. The second-order valence-corrected chi connectivity index (χ2v) is 8.69. The molecule has 0 atom stereocenters. The second kappa shape index (κ2) is 9.41. The highest BCUT2D eigenvalue weighted by Gasteiger charge is 2.36. The van der Waals surface area contributed by atoms with Gasteiger partial charge in [-0.1, -0.05) is 26.0 Å². The van der Waals surface area contributed by atoms with Gasteiger partial charge in [-0.25, -0.2) is 0 Å². The summed E-state index contributed by atoms with van der Waals surface area (Å²) in [6.45, 7) is 10.2. The largest absolute Gasteiger partial charge is 0.493 e. The molecule has 2 rings (SSSR count). The molecule has 1 aliphatic heterocycles. The summed E-state index contributed by atoms with van der Waals surface area (Å²) in [4.78, 5) is 27.8. The number of hydrogen-bond acceptors (Lipinski definition) is 4. The normalized spacial score (nSPS) is 15.9. The fourth-order valence-corrected chi connectivity index (χ4v) is 3.60. The highest BCUT2D eigenvalue weighted by molar-refractivity contribution is 5.87. The first-order valence-corrected chi connectivity index (χ1v) is 10.1. The number of ether oxygens (including phenoxy) is 1. The van der Waals surface area contributed by atoms with Crippen molar-refractivity contribution in [2.24, 2.45) is 5.92 Å². The predicted molar refractivity (Wildman–Crippen MR) is 110 cm³/mol. The number of nitrogens with zero attached hydrogens (tertiary/aromatic N) is 2. The molecular formula is C22H34N2O4. The van der Waals surface area contributed by atoms with Crippen LogP contribution in [0, 0.1) is 5.92 Å². The molecular weight excluding hydrogens is 356 g/mol. The minimum Gasteiger partial charge on any atom is -0.493 e. The average Bonchev–Trinajstić information content (AvgIpc) is 2.65. The summed E-state index contributed by atoms with van der Waals surface area (Å²) in [5, 5.41) is 8.95. The predicted octanol–water partition coefficient (Wildman–Crippen LogP) is 3.01. The molecule has 28 heavy (non-hydrogen) atoms. The minimum atomic E-state index is -0.817. The third-order valence-corrected chi connectivity index (χ3v) is 5.45. The number of carboxylic acids is 1. The van der Waals surface area contributed by atoms with Crippen molar-refractivity contribution in [2.75, 3.05) is 33.3 Å². The summed E-state index contributed by atoms with van der Waals surface area (Å²) >= 11 is 0. The third-order valence-electron chi connectivity index (χ3n) is 5.45. The molecule has 1 saturated heterocycles. The molecule has 1 aromatic rings.